The van der Waals surface area contributed by atoms with E-state index in [0.717, 1.165) is 41.7 Å². The van der Waals surface area contributed by atoms with Gasteiger partial charge in [-0.3, -0.25) is 9.59 Å². The van der Waals surface area contributed by atoms with Gasteiger partial charge in [0.05, 0.1) is 5.92 Å². The summed E-state index contributed by atoms with van der Waals surface area (Å²) < 4.78 is 1.00. The summed E-state index contributed by atoms with van der Waals surface area (Å²) in [6.45, 7) is 4.20. The minimum absolute atomic E-state index is 0.0589. The molecule has 2 heterocycles. The summed E-state index contributed by atoms with van der Waals surface area (Å²) in [5, 5.41) is 0. The number of anilines is 1. The number of amides is 2. The average molecular weight is 379 g/mol. The van der Waals surface area contributed by atoms with Crippen LogP contribution < -0.4 is 4.90 Å². The molecule has 0 aliphatic carbocycles. The van der Waals surface area contributed by atoms with Crippen molar-refractivity contribution in [2.24, 2.45) is 5.92 Å². The van der Waals surface area contributed by atoms with Crippen molar-refractivity contribution in [3.05, 3.63) is 28.2 Å². The van der Waals surface area contributed by atoms with E-state index in [9.17, 15) is 9.59 Å². The van der Waals surface area contributed by atoms with E-state index in [1.54, 1.807) is 4.90 Å². The third-order valence-electron chi connectivity index (χ3n) is 4.84. The van der Waals surface area contributed by atoms with Gasteiger partial charge in [0.2, 0.25) is 11.8 Å². The van der Waals surface area contributed by atoms with Crippen molar-refractivity contribution in [3.8, 4) is 0 Å². The number of likely N-dealkylation sites (tertiary alicyclic amines) is 1. The first-order valence-corrected chi connectivity index (χ1v) is 9.21. The quantitative estimate of drug-likeness (QED) is 0.789. The van der Waals surface area contributed by atoms with E-state index in [2.05, 4.69) is 15.9 Å². The molecule has 5 heteroatoms. The lowest BCUT2D eigenvalue weighted by Gasteiger charge is -2.24. The summed E-state index contributed by atoms with van der Waals surface area (Å²) in [5.74, 6) is 0.0322. The maximum atomic E-state index is 12.8. The monoisotopic (exact) mass is 378 g/mol. The zero-order valence-corrected chi connectivity index (χ0v) is 15.1. The van der Waals surface area contributed by atoms with Gasteiger partial charge in [-0.25, -0.2) is 0 Å². The highest BCUT2D eigenvalue weighted by Crippen LogP contribution is 2.30. The summed E-state index contributed by atoms with van der Waals surface area (Å²) in [6, 6.07) is 5.90. The second-order valence-electron chi connectivity index (χ2n) is 6.58. The van der Waals surface area contributed by atoms with Crippen LogP contribution in [-0.2, 0) is 9.59 Å². The predicted molar refractivity (Wildman–Crippen MR) is 94.4 cm³/mol. The lowest BCUT2D eigenvalue weighted by molar-refractivity contribution is -0.135. The van der Waals surface area contributed by atoms with Crippen LogP contribution in [0.5, 0.6) is 0 Å². The van der Waals surface area contributed by atoms with E-state index in [1.165, 1.54) is 12.8 Å². The minimum atomic E-state index is -0.191. The lowest BCUT2D eigenvalue weighted by Crippen LogP contribution is -2.38. The van der Waals surface area contributed by atoms with Crippen LogP contribution in [0.4, 0.5) is 5.69 Å². The van der Waals surface area contributed by atoms with Gasteiger partial charge in [0.1, 0.15) is 0 Å². The summed E-state index contributed by atoms with van der Waals surface area (Å²) in [4.78, 5) is 28.9. The third-order valence-corrected chi connectivity index (χ3v) is 5.33. The first-order chi connectivity index (χ1) is 11.1. The highest BCUT2D eigenvalue weighted by Gasteiger charge is 2.37. The Hall–Kier alpha value is -1.36. The van der Waals surface area contributed by atoms with Crippen LogP contribution in [0.3, 0.4) is 0 Å². The van der Waals surface area contributed by atoms with E-state index in [4.69, 9.17) is 0 Å². The molecule has 1 aromatic carbocycles. The van der Waals surface area contributed by atoms with Crippen molar-refractivity contribution in [1.29, 1.82) is 0 Å². The van der Waals surface area contributed by atoms with E-state index < -0.39 is 0 Å². The Morgan fingerprint density at radius 1 is 1.17 bits per heavy atom. The van der Waals surface area contributed by atoms with Gasteiger partial charge in [0.25, 0.3) is 0 Å². The Labute approximate surface area is 146 Å². The molecule has 4 nitrogen and oxygen atoms in total. The Balaban J connectivity index is 1.72. The third kappa shape index (κ3) is 3.60. The fourth-order valence-electron chi connectivity index (χ4n) is 3.58. The fourth-order valence-corrected chi connectivity index (χ4v) is 4.05. The van der Waals surface area contributed by atoms with Crippen LogP contribution in [-0.4, -0.2) is 36.3 Å². The minimum Gasteiger partial charge on any atom is -0.342 e. The molecular formula is C18H23BrN2O2. The molecule has 2 aliphatic heterocycles. The molecule has 1 aromatic rings. The van der Waals surface area contributed by atoms with Gasteiger partial charge in [-0.05, 0) is 43.5 Å². The molecule has 1 atom stereocenters. The number of rotatable bonds is 2. The Morgan fingerprint density at radius 2 is 1.87 bits per heavy atom. The summed E-state index contributed by atoms with van der Waals surface area (Å²) >= 11 is 3.45. The molecule has 3 rings (SSSR count). The van der Waals surface area contributed by atoms with Crippen molar-refractivity contribution >= 4 is 33.4 Å². The zero-order valence-electron chi connectivity index (χ0n) is 13.6. The number of hydrogen-bond donors (Lipinski definition) is 0. The Bertz CT molecular complexity index is 609. The summed E-state index contributed by atoms with van der Waals surface area (Å²) in [6.07, 6.45) is 4.92. The second kappa shape index (κ2) is 7.04. The number of aryl methyl sites for hydroxylation is 1. The van der Waals surface area contributed by atoms with Crippen LogP contribution in [0.15, 0.2) is 22.7 Å². The number of hydrogen-bond acceptors (Lipinski definition) is 2. The molecule has 0 radical (unpaired) electrons. The van der Waals surface area contributed by atoms with Crippen molar-refractivity contribution in [2.75, 3.05) is 24.5 Å². The van der Waals surface area contributed by atoms with Crippen LogP contribution in [0.1, 0.15) is 37.7 Å². The molecule has 2 amide bonds. The van der Waals surface area contributed by atoms with Gasteiger partial charge >= 0.3 is 0 Å². The molecule has 0 bridgehead atoms. The normalized spacial score (nSPS) is 22.3. The van der Waals surface area contributed by atoms with Crippen LogP contribution >= 0.6 is 15.9 Å². The van der Waals surface area contributed by atoms with E-state index in [1.807, 2.05) is 30.0 Å². The molecule has 0 aromatic heterocycles. The number of carbonyl (C=O) groups is 2. The predicted octanol–water partition coefficient (Wildman–Crippen LogP) is 3.51. The van der Waals surface area contributed by atoms with Gasteiger partial charge in [-0.15, -0.1) is 0 Å². The maximum absolute atomic E-state index is 12.8. The van der Waals surface area contributed by atoms with E-state index in [0.29, 0.717) is 13.0 Å². The molecule has 124 valence electrons. The van der Waals surface area contributed by atoms with Crippen LogP contribution in [0.25, 0.3) is 0 Å². The van der Waals surface area contributed by atoms with Gasteiger partial charge in [-0.2, -0.15) is 0 Å². The molecule has 0 saturated carbocycles. The van der Waals surface area contributed by atoms with Crippen molar-refractivity contribution in [2.45, 2.75) is 39.0 Å². The van der Waals surface area contributed by atoms with E-state index >= 15 is 0 Å². The molecule has 2 saturated heterocycles. The molecule has 1 unspecified atom stereocenters. The SMILES string of the molecule is Cc1cc(Br)ccc1N1CC(C(=O)N2CCCCCC2)CC1=O. The summed E-state index contributed by atoms with van der Waals surface area (Å²) in [5.41, 5.74) is 1.97. The van der Waals surface area contributed by atoms with E-state index in [-0.39, 0.29) is 17.7 Å². The highest BCUT2D eigenvalue weighted by atomic mass is 79.9. The second-order valence-corrected chi connectivity index (χ2v) is 7.49. The summed E-state index contributed by atoms with van der Waals surface area (Å²) in [7, 11) is 0. The first kappa shape index (κ1) is 16.5. The van der Waals surface area contributed by atoms with Gasteiger partial charge in [-0.1, -0.05) is 28.8 Å². The van der Waals surface area contributed by atoms with Gasteiger partial charge in [0, 0.05) is 36.2 Å². The van der Waals surface area contributed by atoms with Crippen LogP contribution in [0, 0.1) is 12.8 Å². The number of carbonyl (C=O) groups excluding carboxylic acids is 2. The largest absolute Gasteiger partial charge is 0.342 e. The van der Waals surface area contributed by atoms with Crippen LogP contribution in [0.2, 0.25) is 0 Å². The molecule has 0 spiro atoms. The average Bonchev–Trinajstić information content (AvgIpc) is 2.74. The van der Waals surface area contributed by atoms with Gasteiger partial charge in [0.15, 0.2) is 0 Å². The number of benzene rings is 1. The number of halogens is 1. The first-order valence-electron chi connectivity index (χ1n) is 8.41. The number of nitrogens with zero attached hydrogens (tertiary/aromatic N) is 2. The highest BCUT2D eigenvalue weighted by molar-refractivity contribution is 9.10. The molecule has 2 aliphatic rings. The molecule has 23 heavy (non-hydrogen) atoms. The molecule has 2 fully saturated rings. The smallest absolute Gasteiger partial charge is 0.228 e. The fraction of sp³-hybridized carbons (Fsp3) is 0.556. The van der Waals surface area contributed by atoms with Crippen molar-refractivity contribution < 1.29 is 9.59 Å². The van der Waals surface area contributed by atoms with Crippen molar-refractivity contribution in [1.82, 2.24) is 4.90 Å². The molecular weight excluding hydrogens is 356 g/mol. The lowest BCUT2D eigenvalue weighted by atomic mass is 10.1. The Morgan fingerprint density at radius 3 is 2.52 bits per heavy atom. The van der Waals surface area contributed by atoms with Crippen molar-refractivity contribution in [3.63, 3.8) is 0 Å². The standard InChI is InChI=1S/C18H23BrN2O2/c1-13-10-15(19)6-7-16(13)21-12-14(11-17(21)22)18(23)20-8-4-2-3-5-9-20/h6-7,10,14H,2-5,8-9,11-12H2,1H3. The maximum Gasteiger partial charge on any atom is 0.228 e. The molecule has 0 N–H and O–H groups in total. The topological polar surface area (TPSA) is 40.6 Å². The zero-order chi connectivity index (χ0) is 16.4. The Kier molecular flexibility index (Phi) is 5.05. The van der Waals surface area contributed by atoms with Gasteiger partial charge < -0.3 is 9.80 Å².